The van der Waals surface area contributed by atoms with E-state index in [0.29, 0.717) is 26.2 Å². The number of likely N-dealkylation sites (tertiary alicyclic amines) is 1. The Bertz CT molecular complexity index is 1260. The van der Waals surface area contributed by atoms with Crippen molar-refractivity contribution in [1.82, 2.24) is 29.7 Å². The number of aromatic nitrogens is 3. The summed E-state index contributed by atoms with van der Waals surface area (Å²) >= 11 is 1.53. The lowest BCUT2D eigenvalue weighted by molar-refractivity contribution is -0.127. The molecular formula is C26H30N6O2S. The van der Waals surface area contributed by atoms with Crippen molar-refractivity contribution in [2.24, 2.45) is 0 Å². The normalized spacial score (nSPS) is 14.6. The van der Waals surface area contributed by atoms with Crippen molar-refractivity contribution in [2.45, 2.75) is 32.4 Å². The number of para-hydroxylation sites is 2. The molecule has 1 aromatic carbocycles. The van der Waals surface area contributed by atoms with Crippen molar-refractivity contribution in [3.63, 3.8) is 0 Å². The van der Waals surface area contributed by atoms with Crippen LogP contribution in [0.25, 0.3) is 21.7 Å². The van der Waals surface area contributed by atoms with Gasteiger partial charge in [0.15, 0.2) is 5.82 Å². The summed E-state index contributed by atoms with van der Waals surface area (Å²) in [5, 5.41) is 3.16. The smallest absolute Gasteiger partial charge is 0.246 e. The van der Waals surface area contributed by atoms with Crippen LogP contribution >= 0.6 is 11.3 Å². The number of benzene rings is 1. The van der Waals surface area contributed by atoms with Crippen molar-refractivity contribution in [3.8, 4) is 23.0 Å². The zero-order valence-corrected chi connectivity index (χ0v) is 20.9. The van der Waals surface area contributed by atoms with E-state index in [1.807, 2.05) is 58.7 Å². The third-order valence-corrected chi connectivity index (χ3v) is 7.04. The van der Waals surface area contributed by atoms with Crippen molar-refractivity contribution in [3.05, 3.63) is 47.6 Å². The Labute approximate surface area is 209 Å². The highest BCUT2D eigenvalue weighted by atomic mass is 32.1. The van der Waals surface area contributed by atoms with Gasteiger partial charge in [-0.2, -0.15) is 0 Å². The van der Waals surface area contributed by atoms with E-state index < -0.39 is 0 Å². The molecule has 35 heavy (non-hydrogen) atoms. The van der Waals surface area contributed by atoms with Crippen molar-refractivity contribution in [2.75, 3.05) is 33.2 Å². The van der Waals surface area contributed by atoms with Gasteiger partial charge in [0, 0.05) is 31.8 Å². The molecule has 0 saturated carbocycles. The largest absolute Gasteiger partial charge is 0.352 e. The Hall–Kier alpha value is -3.48. The van der Waals surface area contributed by atoms with Crippen LogP contribution in [0.15, 0.2) is 41.9 Å². The first-order valence-corrected chi connectivity index (χ1v) is 12.6. The molecule has 8 nitrogen and oxygen atoms in total. The number of fused-ring (bicyclic) bond motifs is 1. The number of rotatable bonds is 8. The highest BCUT2D eigenvalue weighted by molar-refractivity contribution is 7.13. The summed E-state index contributed by atoms with van der Waals surface area (Å²) in [6.07, 6.45) is 10.2. The molecule has 0 unspecified atom stereocenters. The van der Waals surface area contributed by atoms with Crippen LogP contribution in [0.4, 0.5) is 0 Å². The van der Waals surface area contributed by atoms with E-state index in [4.69, 9.17) is 11.4 Å². The van der Waals surface area contributed by atoms with E-state index in [9.17, 15) is 9.59 Å². The topological polar surface area (TPSA) is 83.4 Å². The zero-order valence-electron chi connectivity index (χ0n) is 20.1. The van der Waals surface area contributed by atoms with Crippen LogP contribution < -0.4 is 5.32 Å². The maximum atomic E-state index is 13.0. The van der Waals surface area contributed by atoms with Crippen LogP contribution in [0.1, 0.15) is 18.5 Å². The number of terminal acetylenes is 1. The number of hydrogen-bond acceptors (Lipinski definition) is 6. The number of hydrogen-bond donors (Lipinski definition) is 1. The summed E-state index contributed by atoms with van der Waals surface area (Å²) in [5.41, 5.74) is 4.48. The molecule has 4 rings (SSSR count). The molecule has 0 bridgehead atoms. The average molecular weight is 491 g/mol. The van der Waals surface area contributed by atoms with Gasteiger partial charge < -0.3 is 14.8 Å². The van der Waals surface area contributed by atoms with Gasteiger partial charge in [0.2, 0.25) is 11.8 Å². The van der Waals surface area contributed by atoms with E-state index in [0.717, 1.165) is 40.3 Å². The zero-order chi connectivity index (χ0) is 24.8. The Morgan fingerprint density at radius 3 is 2.80 bits per heavy atom. The first kappa shape index (κ1) is 24.6. The minimum absolute atomic E-state index is 0.00154. The lowest BCUT2D eigenvalue weighted by atomic mass is 10.0. The standard InChI is InChI=1S/C26H30N6O2S/c1-4-13-30(3)14-7-10-24(34)31-15-11-20(12-16-31)28-23(33)17-32-22-9-6-5-8-21(22)29-26(32)25-19(2)27-18-35-25/h1,5-10,18,20H,11-17H2,2-3H3,(H,28,33)/b10-7+. The van der Waals surface area contributed by atoms with Gasteiger partial charge in [0.1, 0.15) is 6.54 Å². The fraction of sp³-hybridized carbons (Fsp3) is 0.385. The number of carbonyl (C=O) groups is 2. The fourth-order valence-corrected chi connectivity index (χ4v) is 5.05. The summed E-state index contributed by atoms with van der Waals surface area (Å²) in [5.74, 6) is 3.29. The molecule has 1 N–H and O–H groups in total. The number of piperidine rings is 1. The number of imidazole rings is 1. The number of nitrogens with zero attached hydrogens (tertiary/aromatic N) is 5. The lowest BCUT2D eigenvalue weighted by Gasteiger charge is -2.32. The molecule has 9 heteroatoms. The summed E-state index contributed by atoms with van der Waals surface area (Å²) in [4.78, 5) is 39.4. The fourth-order valence-electron chi connectivity index (χ4n) is 4.25. The van der Waals surface area contributed by atoms with Crippen LogP contribution in [0.2, 0.25) is 0 Å². The summed E-state index contributed by atoms with van der Waals surface area (Å²) < 4.78 is 1.96. The van der Waals surface area contributed by atoms with Gasteiger partial charge in [-0.3, -0.25) is 14.5 Å². The second-order valence-electron chi connectivity index (χ2n) is 8.75. The Balaban J connectivity index is 1.34. The Kier molecular flexibility index (Phi) is 7.95. The highest BCUT2D eigenvalue weighted by Crippen LogP contribution is 2.30. The molecule has 1 aliphatic heterocycles. The number of carbonyl (C=O) groups excluding carboxylic acids is 2. The number of thiazole rings is 1. The van der Waals surface area contributed by atoms with E-state index in [2.05, 4.69) is 16.2 Å². The molecular weight excluding hydrogens is 460 g/mol. The van der Waals surface area contributed by atoms with Gasteiger partial charge in [0.25, 0.3) is 0 Å². The third-order valence-electron chi connectivity index (χ3n) is 6.12. The van der Waals surface area contributed by atoms with Crippen LogP contribution in [0, 0.1) is 19.3 Å². The molecule has 1 saturated heterocycles. The number of likely N-dealkylation sites (N-methyl/N-ethyl adjacent to an activating group) is 1. The average Bonchev–Trinajstić information content (AvgIpc) is 3.42. The predicted molar refractivity (Wildman–Crippen MR) is 139 cm³/mol. The van der Waals surface area contributed by atoms with Crippen molar-refractivity contribution in [1.29, 1.82) is 0 Å². The molecule has 2 amide bonds. The lowest BCUT2D eigenvalue weighted by Crippen LogP contribution is -2.46. The van der Waals surface area contributed by atoms with Crippen molar-refractivity contribution < 1.29 is 9.59 Å². The molecule has 182 valence electrons. The number of amides is 2. The van der Waals surface area contributed by atoms with Gasteiger partial charge in [0.05, 0.1) is 33.7 Å². The quantitative estimate of drug-likeness (QED) is 0.388. The minimum Gasteiger partial charge on any atom is -0.352 e. The maximum Gasteiger partial charge on any atom is 0.246 e. The van der Waals surface area contributed by atoms with Crippen LogP contribution in [0.5, 0.6) is 0 Å². The first-order chi connectivity index (χ1) is 17.0. The van der Waals surface area contributed by atoms with E-state index >= 15 is 0 Å². The summed E-state index contributed by atoms with van der Waals surface area (Å²) in [6.45, 7) is 4.55. The molecule has 1 aliphatic rings. The summed E-state index contributed by atoms with van der Waals surface area (Å²) in [6, 6.07) is 7.88. The van der Waals surface area contributed by atoms with Gasteiger partial charge >= 0.3 is 0 Å². The second kappa shape index (κ2) is 11.3. The molecule has 1 fully saturated rings. The maximum absolute atomic E-state index is 13.0. The molecule has 0 atom stereocenters. The highest BCUT2D eigenvalue weighted by Gasteiger charge is 2.24. The van der Waals surface area contributed by atoms with Crippen LogP contribution in [-0.2, 0) is 16.1 Å². The van der Waals surface area contributed by atoms with Gasteiger partial charge in [-0.1, -0.05) is 24.1 Å². The molecule has 0 aliphatic carbocycles. The Morgan fingerprint density at radius 2 is 2.09 bits per heavy atom. The molecule has 2 aromatic heterocycles. The SMILES string of the molecule is C#CCN(C)C/C=C/C(=O)N1CCC(NC(=O)Cn2c(-c3scnc3C)nc3ccccc32)CC1. The molecule has 0 spiro atoms. The molecule has 3 heterocycles. The molecule has 0 radical (unpaired) electrons. The van der Waals surface area contributed by atoms with Gasteiger partial charge in [-0.25, -0.2) is 9.97 Å². The Morgan fingerprint density at radius 1 is 1.31 bits per heavy atom. The minimum atomic E-state index is -0.0576. The van der Waals surface area contributed by atoms with Gasteiger partial charge in [-0.05, 0) is 38.9 Å². The van der Waals surface area contributed by atoms with Crippen molar-refractivity contribution >= 4 is 34.2 Å². The van der Waals surface area contributed by atoms with E-state index in [1.165, 1.54) is 11.3 Å². The monoisotopic (exact) mass is 490 g/mol. The first-order valence-electron chi connectivity index (χ1n) is 11.7. The van der Waals surface area contributed by atoms with Crippen LogP contribution in [-0.4, -0.2) is 75.4 Å². The third kappa shape index (κ3) is 5.96. The van der Waals surface area contributed by atoms with Gasteiger partial charge in [-0.15, -0.1) is 17.8 Å². The summed E-state index contributed by atoms with van der Waals surface area (Å²) in [7, 11) is 1.91. The number of nitrogens with one attached hydrogen (secondary N) is 1. The predicted octanol–water partition coefficient (Wildman–Crippen LogP) is 2.70. The molecule has 3 aromatic rings. The number of aryl methyl sites for hydroxylation is 1. The van der Waals surface area contributed by atoms with E-state index in [1.54, 1.807) is 11.6 Å². The second-order valence-corrected chi connectivity index (χ2v) is 9.60. The van der Waals surface area contributed by atoms with E-state index in [-0.39, 0.29) is 24.4 Å². The van der Waals surface area contributed by atoms with Crippen LogP contribution in [0.3, 0.4) is 0 Å².